The van der Waals surface area contributed by atoms with Gasteiger partial charge in [-0.05, 0) is 69.0 Å². The van der Waals surface area contributed by atoms with Crippen molar-refractivity contribution in [1.29, 1.82) is 0 Å². The number of carbonyl (C=O) groups is 1. The number of alkyl halides is 3. The summed E-state index contributed by atoms with van der Waals surface area (Å²) in [7, 11) is 0. The van der Waals surface area contributed by atoms with Gasteiger partial charge in [-0.3, -0.25) is 9.78 Å². The van der Waals surface area contributed by atoms with Crippen molar-refractivity contribution in [1.82, 2.24) is 25.3 Å². The van der Waals surface area contributed by atoms with Gasteiger partial charge in [0.1, 0.15) is 0 Å². The van der Waals surface area contributed by atoms with Gasteiger partial charge < -0.3 is 14.7 Å². The van der Waals surface area contributed by atoms with Crippen LogP contribution in [-0.2, 0) is 30.5 Å². The van der Waals surface area contributed by atoms with Crippen LogP contribution in [0.25, 0.3) is 0 Å². The molecule has 192 valence electrons. The van der Waals surface area contributed by atoms with Crippen molar-refractivity contribution in [2.24, 2.45) is 5.92 Å². The van der Waals surface area contributed by atoms with E-state index in [4.69, 9.17) is 4.52 Å². The number of nitrogens with one attached hydrogen (secondary N) is 1. The lowest BCUT2D eigenvalue weighted by molar-refractivity contribution is -0.134. The van der Waals surface area contributed by atoms with E-state index in [1.165, 1.54) is 0 Å². The smallest absolute Gasteiger partial charge is 0.353 e. The van der Waals surface area contributed by atoms with Crippen LogP contribution in [0, 0.1) is 12.8 Å². The first kappa shape index (κ1) is 25.6. The fourth-order valence-electron chi connectivity index (χ4n) is 5.10. The van der Waals surface area contributed by atoms with Crippen molar-refractivity contribution in [2.45, 2.75) is 83.4 Å². The van der Waals surface area contributed by atoms with E-state index in [0.29, 0.717) is 23.3 Å². The number of hydrogen-bond acceptors (Lipinski definition) is 6. The van der Waals surface area contributed by atoms with E-state index >= 15 is 0 Å². The molecule has 1 aliphatic heterocycles. The number of aryl methyl sites for hydroxylation is 2. The Labute approximate surface area is 203 Å². The Morgan fingerprint density at radius 1 is 1.14 bits per heavy atom. The predicted octanol–water partition coefficient (Wildman–Crippen LogP) is 3.98. The molecule has 1 N–H and O–H groups in total. The third-order valence-corrected chi connectivity index (χ3v) is 7.11. The number of amides is 1. The Kier molecular flexibility index (Phi) is 8.41. The molecule has 0 unspecified atom stereocenters. The van der Waals surface area contributed by atoms with Crippen LogP contribution in [0.2, 0.25) is 0 Å². The third kappa shape index (κ3) is 8.02. The highest BCUT2D eigenvalue weighted by Gasteiger charge is 2.27. The van der Waals surface area contributed by atoms with Crippen molar-refractivity contribution in [2.75, 3.05) is 19.6 Å². The van der Waals surface area contributed by atoms with E-state index in [-0.39, 0.29) is 24.8 Å². The van der Waals surface area contributed by atoms with Gasteiger partial charge in [0, 0.05) is 50.3 Å². The summed E-state index contributed by atoms with van der Waals surface area (Å²) in [6, 6.07) is 3.92. The van der Waals surface area contributed by atoms with Crippen LogP contribution in [-0.4, -0.2) is 57.8 Å². The predicted molar refractivity (Wildman–Crippen MR) is 124 cm³/mol. The fourth-order valence-corrected chi connectivity index (χ4v) is 5.10. The molecule has 0 radical (unpaired) electrons. The molecule has 1 fully saturated rings. The Hall–Kier alpha value is -2.49. The van der Waals surface area contributed by atoms with Gasteiger partial charge >= 0.3 is 6.18 Å². The lowest BCUT2D eigenvalue weighted by Gasteiger charge is -2.30. The molecule has 0 atom stereocenters. The van der Waals surface area contributed by atoms with Crippen molar-refractivity contribution < 1.29 is 22.5 Å². The summed E-state index contributed by atoms with van der Waals surface area (Å²) in [5, 5.41) is 6.88. The van der Waals surface area contributed by atoms with Crippen LogP contribution >= 0.6 is 0 Å². The molecule has 0 aromatic carbocycles. The number of fused-ring (bicyclic) bond motifs is 1. The fraction of sp³-hybridized carbons (Fsp3) is 0.680. The second kappa shape index (κ2) is 11.5. The monoisotopic (exact) mass is 493 g/mol. The molecule has 10 heteroatoms. The number of halogens is 3. The van der Waals surface area contributed by atoms with Crippen LogP contribution < -0.4 is 5.32 Å². The molecule has 1 amide bonds. The van der Waals surface area contributed by atoms with Gasteiger partial charge in [-0.2, -0.15) is 18.2 Å². The van der Waals surface area contributed by atoms with Crippen LogP contribution in [0.3, 0.4) is 0 Å². The van der Waals surface area contributed by atoms with E-state index in [1.807, 2.05) is 6.07 Å². The Bertz CT molecular complexity index is 986. The van der Waals surface area contributed by atoms with Crippen LogP contribution in [0.4, 0.5) is 13.2 Å². The van der Waals surface area contributed by atoms with Gasteiger partial charge in [0.15, 0.2) is 5.82 Å². The van der Waals surface area contributed by atoms with Gasteiger partial charge in [0.2, 0.25) is 11.8 Å². The molecule has 4 rings (SSSR count). The quantitative estimate of drug-likeness (QED) is 0.599. The minimum atomic E-state index is -4.15. The first-order chi connectivity index (χ1) is 16.7. The van der Waals surface area contributed by atoms with E-state index in [1.54, 1.807) is 13.0 Å². The molecule has 0 bridgehead atoms. The molecule has 35 heavy (non-hydrogen) atoms. The molecule has 1 aliphatic carbocycles. The molecule has 0 saturated heterocycles. The van der Waals surface area contributed by atoms with Crippen molar-refractivity contribution in [3.8, 4) is 0 Å². The Morgan fingerprint density at radius 3 is 2.63 bits per heavy atom. The zero-order valence-electron chi connectivity index (χ0n) is 20.2. The molecule has 3 heterocycles. The molecular weight excluding hydrogens is 459 g/mol. The normalized spacial score (nSPS) is 21.4. The second-order valence-electron chi connectivity index (χ2n) is 9.85. The molecule has 2 aromatic heterocycles. The maximum absolute atomic E-state index is 12.5. The Morgan fingerprint density at radius 2 is 1.91 bits per heavy atom. The standard InChI is InChI=1S/C25H34F3N5O2/c1-17-29-23(32-35-17)16-24(34)31-20-5-2-18(3-6-20)9-13-33-14-10-19-4-7-21(8-12-25(26,27)28)30-22(19)11-15-33/h4,7,18,20H,2-3,5-6,8-16H2,1H3,(H,31,34). The molecule has 2 aromatic rings. The second-order valence-corrected chi connectivity index (χ2v) is 9.85. The van der Waals surface area contributed by atoms with Crippen LogP contribution in [0.5, 0.6) is 0 Å². The zero-order valence-corrected chi connectivity index (χ0v) is 20.2. The van der Waals surface area contributed by atoms with Gasteiger partial charge in [0.25, 0.3) is 0 Å². The topological polar surface area (TPSA) is 84.2 Å². The summed E-state index contributed by atoms with van der Waals surface area (Å²) in [5.74, 6) is 1.47. The summed E-state index contributed by atoms with van der Waals surface area (Å²) in [6.45, 7) is 4.57. The number of aromatic nitrogens is 3. The average Bonchev–Trinajstić information content (AvgIpc) is 3.10. The number of carbonyl (C=O) groups excluding carboxylic acids is 1. The van der Waals surface area contributed by atoms with Crippen molar-refractivity contribution in [3.05, 3.63) is 40.8 Å². The number of hydrogen-bond donors (Lipinski definition) is 1. The minimum absolute atomic E-state index is 0.0552. The van der Waals surface area contributed by atoms with Crippen molar-refractivity contribution in [3.63, 3.8) is 0 Å². The Balaban J connectivity index is 1.16. The third-order valence-electron chi connectivity index (χ3n) is 7.11. The number of pyridine rings is 1. The lowest BCUT2D eigenvalue weighted by atomic mass is 9.84. The highest BCUT2D eigenvalue weighted by Crippen LogP contribution is 2.28. The van der Waals surface area contributed by atoms with Gasteiger partial charge in [-0.1, -0.05) is 11.2 Å². The molecule has 2 aliphatic rings. The van der Waals surface area contributed by atoms with E-state index in [0.717, 1.165) is 75.8 Å². The average molecular weight is 494 g/mol. The first-order valence-corrected chi connectivity index (χ1v) is 12.6. The van der Waals surface area contributed by atoms with Gasteiger partial charge in [-0.15, -0.1) is 0 Å². The maximum atomic E-state index is 12.5. The summed E-state index contributed by atoms with van der Waals surface area (Å²) in [4.78, 5) is 23.3. The molecule has 7 nitrogen and oxygen atoms in total. The minimum Gasteiger partial charge on any atom is -0.353 e. The highest BCUT2D eigenvalue weighted by atomic mass is 19.4. The summed E-state index contributed by atoms with van der Waals surface area (Å²) < 4.78 is 42.5. The maximum Gasteiger partial charge on any atom is 0.389 e. The van der Waals surface area contributed by atoms with Crippen molar-refractivity contribution >= 4 is 5.91 Å². The number of nitrogens with zero attached hydrogens (tertiary/aromatic N) is 4. The SMILES string of the molecule is Cc1nc(CC(=O)NC2CCC(CCN3CCc4ccc(CCC(F)(F)F)nc4CC3)CC2)no1. The molecule has 1 saturated carbocycles. The highest BCUT2D eigenvalue weighted by molar-refractivity contribution is 5.78. The lowest BCUT2D eigenvalue weighted by Crippen LogP contribution is -2.39. The van der Waals surface area contributed by atoms with Crippen LogP contribution in [0.15, 0.2) is 16.7 Å². The molecule has 0 spiro atoms. The van der Waals surface area contributed by atoms with E-state index in [9.17, 15) is 18.0 Å². The summed E-state index contributed by atoms with van der Waals surface area (Å²) in [5.41, 5.74) is 2.65. The first-order valence-electron chi connectivity index (χ1n) is 12.6. The largest absolute Gasteiger partial charge is 0.389 e. The molecular formula is C25H34F3N5O2. The zero-order chi connectivity index (χ0) is 24.8. The number of rotatable bonds is 8. The van der Waals surface area contributed by atoms with E-state index < -0.39 is 12.6 Å². The van der Waals surface area contributed by atoms with E-state index in [2.05, 4.69) is 25.3 Å². The summed E-state index contributed by atoms with van der Waals surface area (Å²) >= 11 is 0. The summed E-state index contributed by atoms with van der Waals surface area (Å²) in [6.07, 6.45) is 2.09. The van der Waals surface area contributed by atoms with Crippen LogP contribution in [0.1, 0.15) is 67.2 Å². The van der Waals surface area contributed by atoms with Gasteiger partial charge in [0.05, 0.1) is 6.42 Å². The van der Waals surface area contributed by atoms with Gasteiger partial charge in [-0.25, -0.2) is 0 Å².